The van der Waals surface area contributed by atoms with E-state index in [9.17, 15) is 4.79 Å². The van der Waals surface area contributed by atoms with E-state index in [2.05, 4.69) is 15.3 Å². The van der Waals surface area contributed by atoms with E-state index in [0.29, 0.717) is 15.8 Å². The second-order valence-corrected chi connectivity index (χ2v) is 4.61. The molecule has 4 nitrogen and oxygen atoms in total. The van der Waals surface area contributed by atoms with E-state index in [1.54, 1.807) is 0 Å². The van der Waals surface area contributed by atoms with Crippen molar-refractivity contribution in [1.29, 1.82) is 0 Å². The van der Waals surface area contributed by atoms with Crippen molar-refractivity contribution in [2.24, 2.45) is 0 Å². The molecule has 0 saturated heterocycles. The fourth-order valence-electron chi connectivity index (χ4n) is 1.36. The first-order valence-corrected chi connectivity index (χ1v) is 6.31. The fourth-order valence-corrected chi connectivity index (χ4v) is 2.35. The Morgan fingerprint density at radius 1 is 1.47 bits per heavy atom. The number of anilines is 1. The molecule has 17 heavy (non-hydrogen) atoms. The number of aryl methyl sites for hydroxylation is 1. The number of hydrogen-bond donors (Lipinski definition) is 1. The molecule has 1 amide bonds. The molecule has 0 aliphatic carbocycles. The van der Waals surface area contributed by atoms with Crippen LogP contribution in [0.3, 0.4) is 0 Å². The van der Waals surface area contributed by atoms with E-state index < -0.39 is 0 Å². The molecule has 0 saturated carbocycles. The van der Waals surface area contributed by atoms with E-state index in [-0.39, 0.29) is 5.91 Å². The number of nitrogens with one attached hydrogen (secondary N) is 1. The van der Waals surface area contributed by atoms with Gasteiger partial charge in [0.05, 0.1) is 17.3 Å². The van der Waals surface area contributed by atoms with Crippen LogP contribution in [-0.2, 0) is 6.42 Å². The number of rotatable bonds is 3. The SMILES string of the molecule is CCc1ccsc1C(=O)Nc1cnc(Cl)cn1. The van der Waals surface area contributed by atoms with Gasteiger partial charge in [0.1, 0.15) is 5.15 Å². The van der Waals surface area contributed by atoms with E-state index in [1.165, 1.54) is 23.7 Å². The fraction of sp³-hybridized carbons (Fsp3) is 0.182. The van der Waals surface area contributed by atoms with E-state index in [4.69, 9.17) is 11.6 Å². The van der Waals surface area contributed by atoms with Crippen LogP contribution >= 0.6 is 22.9 Å². The first-order valence-electron chi connectivity index (χ1n) is 5.06. The molecular weight excluding hydrogens is 258 g/mol. The van der Waals surface area contributed by atoms with Crippen molar-refractivity contribution in [3.63, 3.8) is 0 Å². The van der Waals surface area contributed by atoms with Crippen LogP contribution in [0.5, 0.6) is 0 Å². The van der Waals surface area contributed by atoms with Gasteiger partial charge in [-0.25, -0.2) is 9.97 Å². The Morgan fingerprint density at radius 2 is 2.29 bits per heavy atom. The summed E-state index contributed by atoms with van der Waals surface area (Å²) >= 11 is 7.03. The number of amides is 1. The van der Waals surface area contributed by atoms with Gasteiger partial charge in [-0.1, -0.05) is 18.5 Å². The van der Waals surface area contributed by atoms with Crippen LogP contribution in [0.25, 0.3) is 0 Å². The smallest absolute Gasteiger partial charge is 0.267 e. The van der Waals surface area contributed by atoms with Crippen molar-refractivity contribution in [2.75, 3.05) is 5.32 Å². The van der Waals surface area contributed by atoms with Crippen molar-refractivity contribution in [3.05, 3.63) is 39.4 Å². The predicted molar refractivity (Wildman–Crippen MR) is 68.7 cm³/mol. The van der Waals surface area contributed by atoms with Gasteiger partial charge < -0.3 is 5.32 Å². The van der Waals surface area contributed by atoms with Crippen LogP contribution in [-0.4, -0.2) is 15.9 Å². The van der Waals surface area contributed by atoms with Crippen LogP contribution < -0.4 is 5.32 Å². The molecule has 2 aromatic rings. The van der Waals surface area contributed by atoms with Crippen molar-refractivity contribution in [1.82, 2.24) is 9.97 Å². The minimum absolute atomic E-state index is 0.159. The Kier molecular flexibility index (Phi) is 3.71. The summed E-state index contributed by atoms with van der Waals surface area (Å²) in [7, 11) is 0. The Hall–Kier alpha value is -1.46. The molecule has 6 heteroatoms. The molecule has 0 atom stereocenters. The monoisotopic (exact) mass is 267 g/mol. The minimum Gasteiger partial charge on any atom is -0.305 e. The third-order valence-corrected chi connectivity index (χ3v) is 3.35. The van der Waals surface area contributed by atoms with Gasteiger partial charge in [0.25, 0.3) is 5.91 Å². The van der Waals surface area contributed by atoms with Gasteiger partial charge in [-0.2, -0.15) is 0 Å². The zero-order chi connectivity index (χ0) is 12.3. The maximum Gasteiger partial charge on any atom is 0.267 e. The topological polar surface area (TPSA) is 54.9 Å². The average molecular weight is 268 g/mol. The van der Waals surface area contributed by atoms with Crippen LogP contribution in [0, 0.1) is 0 Å². The highest BCUT2D eigenvalue weighted by Gasteiger charge is 2.12. The van der Waals surface area contributed by atoms with Crippen LogP contribution in [0.2, 0.25) is 5.15 Å². The maximum absolute atomic E-state index is 11.9. The summed E-state index contributed by atoms with van der Waals surface area (Å²) in [6, 6.07) is 1.95. The highest BCUT2D eigenvalue weighted by molar-refractivity contribution is 7.12. The number of carbonyl (C=O) groups excluding carboxylic acids is 1. The lowest BCUT2D eigenvalue weighted by atomic mass is 10.2. The van der Waals surface area contributed by atoms with E-state index in [1.807, 2.05) is 18.4 Å². The summed E-state index contributed by atoms with van der Waals surface area (Å²) in [6.45, 7) is 2.01. The highest BCUT2D eigenvalue weighted by atomic mass is 35.5. The van der Waals surface area contributed by atoms with Crippen LogP contribution in [0.1, 0.15) is 22.2 Å². The van der Waals surface area contributed by atoms with Gasteiger partial charge in [-0.15, -0.1) is 11.3 Å². The summed E-state index contributed by atoms with van der Waals surface area (Å²) in [5.41, 5.74) is 1.04. The lowest BCUT2D eigenvalue weighted by Crippen LogP contribution is -2.13. The Morgan fingerprint density at radius 3 is 2.94 bits per heavy atom. The number of halogens is 1. The quantitative estimate of drug-likeness (QED) is 0.930. The maximum atomic E-state index is 11.9. The summed E-state index contributed by atoms with van der Waals surface area (Å²) in [5.74, 6) is 0.239. The molecule has 2 aromatic heterocycles. The van der Waals surface area contributed by atoms with E-state index >= 15 is 0 Å². The zero-order valence-corrected chi connectivity index (χ0v) is 10.7. The number of nitrogens with zero attached hydrogens (tertiary/aromatic N) is 2. The second kappa shape index (κ2) is 5.25. The van der Waals surface area contributed by atoms with E-state index in [0.717, 1.165) is 12.0 Å². The van der Waals surface area contributed by atoms with Crippen LogP contribution in [0.4, 0.5) is 5.82 Å². The van der Waals surface area contributed by atoms with Crippen molar-refractivity contribution >= 4 is 34.7 Å². The molecular formula is C11H10ClN3OS. The standard InChI is InChI=1S/C11H10ClN3OS/c1-2-7-3-4-17-10(7)11(16)15-9-6-13-8(12)5-14-9/h3-6H,2H2,1H3,(H,14,15,16). The first-order chi connectivity index (χ1) is 8.20. The number of aromatic nitrogens is 2. The summed E-state index contributed by atoms with van der Waals surface area (Å²) in [5, 5.41) is 4.89. The van der Waals surface area contributed by atoms with Crippen molar-refractivity contribution in [2.45, 2.75) is 13.3 Å². The molecule has 0 spiro atoms. The van der Waals surface area contributed by atoms with Gasteiger partial charge in [-0.05, 0) is 23.4 Å². The Bertz CT molecular complexity index is 524. The first kappa shape index (κ1) is 12.0. The number of thiophene rings is 1. The van der Waals surface area contributed by atoms with Gasteiger partial charge in [-0.3, -0.25) is 4.79 Å². The molecule has 0 radical (unpaired) electrons. The highest BCUT2D eigenvalue weighted by Crippen LogP contribution is 2.18. The molecule has 88 valence electrons. The zero-order valence-electron chi connectivity index (χ0n) is 9.11. The molecule has 0 aliphatic heterocycles. The molecule has 2 rings (SSSR count). The predicted octanol–water partition coefficient (Wildman–Crippen LogP) is 3.01. The Labute approximate surface area is 108 Å². The minimum atomic E-state index is -0.159. The van der Waals surface area contributed by atoms with Crippen LogP contribution in [0.15, 0.2) is 23.8 Å². The third kappa shape index (κ3) is 2.81. The van der Waals surface area contributed by atoms with Gasteiger partial charge in [0, 0.05) is 0 Å². The largest absolute Gasteiger partial charge is 0.305 e. The van der Waals surface area contributed by atoms with Crippen molar-refractivity contribution < 1.29 is 4.79 Å². The average Bonchev–Trinajstić information content (AvgIpc) is 2.80. The van der Waals surface area contributed by atoms with Crippen molar-refractivity contribution in [3.8, 4) is 0 Å². The number of carbonyl (C=O) groups is 1. The normalized spacial score (nSPS) is 10.2. The lowest BCUT2D eigenvalue weighted by molar-refractivity contribution is 0.102. The molecule has 0 unspecified atom stereocenters. The third-order valence-electron chi connectivity index (χ3n) is 2.20. The molecule has 0 bridgehead atoms. The molecule has 2 heterocycles. The summed E-state index contributed by atoms with van der Waals surface area (Å²) < 4.78 is 0. The number of hydrogen-bond acceptors (Lipinski definition) is 4. The summed E-state index contributed by atoms with van der Waals surface area (Å²) in [6.07, 6.45) is 3.66. The van der Waals surface area contributed by atoms with Gasteiger partial charge in [0.2, 0.25) is 0 Å². The second-order valence-electron chi connectivity index (χ2n) is 3.31. The molecule has 0 fully saturated rings. The lowest BCUT2D eigenvalue weighted by Gasteiger charge is -2.03. The molecule has 0 aliphatic rings. The molecule has 1 N–H and O–H groups in total. The molecule has 0 aromatic carbocycles. The Balaban J connectivity index is 2.14. The summed E-state index contributed by atoms with van der Waals surface area (Å²) in [4.78, 5) is 20.5. The van der Waals surface area contributed by atoms with Gasteiger partial charge >= 0.3 is 0 Å². The van der Waals surface area contributed by atoms with Gasteiger partial charge in [0.15, 0.2) is 5.82 Å².